The summed E-state index contributed by atoms with van der Waals surface area (Å²) in [6, 6.07) is 4.26. The Hall–Kier alpha value is -1.81. The average Bonchev–Trinajstić information content (AvgIpc) is 2.42. The fourth-order valence-corrected chi connectivity index (χ4v) is 2.19. The fourth-order valence-electron chi connectivity index (χ4n) is 2.02. The Morgan fingerprint density at radius 3 is 2.74 bits per heavy atom. The zero-order chi connectivity index (χ0) is 13.8. The van der Waals surface area contributed by atoms with Crippen LogP contribution in [-0.4, -0.2) is 17.0 Å². The van der Waals surface area contributed by atoms with Crippen molar-refractivity contribution in [3.8, 4) is 0 Å². The van der Waals surface area contributed by atoms with Crippen LogP contribution in [0.25, 0.3) is 0 Å². The second kappa shape index (κ2) is 5.89. The summed E-state index contributed by atoms with van der Waals surface area (Å²) >= 11 is 5.96. The number of allylic oxidation sites excluding steroid dienone is 2. The molecule has 0 bridgehead atoms. The maximum absolute atomic E-state index is 12.0. The molecule has 2 rings (SSSR count). The van der Waals surface area contributed by atoms with Crippen LogP contribution < -0.4 is 5.32 Å². The number of halogens is 1. The molecule has 1 amide bonds. The second-order valence-electron chi connectivity index (χ2n) is 4.47. The van der Waals surface area contributed by atoms with Gasteiger partial charge in [0, 0.05) is 5.92 Å². The number of carboxylic acids is 1. The molecular formula is C14H14ClNO3. The van der Waals surface area contributed by atoms with Gasteiger partial charge in [0.15, 0.2) is 0 Å². The van der Waals surface area contributed by atoms with Crippen molar-refractivity contribution in [2.75, 3.05) is 5.32 Å². The van der Waals surface area contributed by atoms with Crippen LogP contribution in [0, 0.1) is 5.92 Å². The van der Waals surface area contributed by atoms with Gasteiger partial charge in [0.1, 0.15) is 0 Å². The molecule has 1 aromatic carbocycles. The number of hydrogen-bond donors (Lipinski definition) is 2. The first-order valence-electron chi connectivity index (χ1n) is 6.06. The van der Waals surface area contributed by atoms with Gasteiger partial charge in [-0.3, -0.25) is 4.79 Å². The molecule has 0 fully saturated rings. The highest BCUT2D eigenvalue weighted by Crippen LogP contribution is 2.26. The molecule has 4 nitrogen and oxygen atoms in total. The number of aromatic carboxylic acids is 1. The molecule has 0 aromatic heterocycles. The summed E-state index contributed by atoms with van der Waals surface area (Å²) in [5, 5.41) is 12.0. The Labute approximate surface area is 116 Å². The monoisotopic (exact) mass is 279 g/mol. The average molecular weight is 280 g/mol. The number of carbonyl (C=O) groups excluding carboxylic acids is 1. The smallest absolute Gasteiger partial charge is 0.335 e. The summed E-state index contributed by atoms with van der Waals surface area (Å²) in [4.78, 5) is 22.9. The largest absolute Gasteiger partial charge is 0.478 e. The first kappa shape index (κ1) is 13.6. The van der Waals surface area contributed by atoms with Gasteiger partial charge in [-0.1, -0.05) is 23.8 Å². The van der Waals surface area contributed by atoms with Crippen LogP contribution in [0.5, 0.6) is 0 Å². The lowest BCUT2D eigenvalue weighted by molar-refractivity contribution is -0.120. The normalized spacial score (nSPS) is 18.1. The van der Waals surface area contributed by atoms with E-state index in [0.717, 1.165) is 12.8 Å². The van der Waals surface area contributed by atoms with Crippen LogP contribution >= 0.6 is 11.6 Å². The molecule has 1 aromatic rings. The molecule has 1 aliphatic rings. The third-order valence-electron chi connectivity index (χ3n) is 3.11. The minimum atomic E-state index is -1.05. The minimum absolute atomic E-state index is 0.0745. The van der Waals surface area contributed by atoms with E-state index in [1.54, 1.807) is 0 Å². The van der Waals surface area contributed by atoms with Crippen LogP contribution in [0.4, 0.5) is 5.69 Å². The Kier molecular flexibility index (Phi) is 4.22. The lowest BCUT2D eigenvalue weighted by Crippen LogP contribution is -2.23. The van der Waals surface area contributed by atoms with Gasteiger partial charge in [-0.2, -0.15) is 0 Å². The lowest BCUT2D eigenvalue weighted by Gasteiger charge is -2.17. The van der Waals surface area contributed by atoms with Crippen molar-refractivity contribution >= 4 is 29.2 Å². The van der Waals surface area contributed by atoms with E-state index in [1.807, 2.05) is 6.08 Å². The Bertz CT molecular complexity index is 539. The first-order chi connectivity index (χ1) is 9.08. The molecular weight excluding hydrogens is 266 g/mol. The molecule has 0 aliphatic heterocycles. The molecule has 0 spiro atoms. The van der Waals surface area contributed by atoms with Crippen LogP contribution in [0.1, 0.15) is 29.6 Å². The van der Waals surface area contributed by atoms with Crippen molar-refractivity contribution < 1.29 is 14.7 Å². The molecule has 100 valence electrons. The van der Waals surface area contributed by atoms with Crippen LogP contribution in [0.3, 0.4) is 0 Å². The molecule has 2 N–H and O–H groups in total. The third-order valence-corrected chi connectivity index (χ3v) is 3.44. The molecule has 5 heteroatoms. The van der Waals surface area contributed by atoms with Gasteiger partial charge in [-0.25, -0.2) is 4.79 Å². The van der Waals surface area contributed by atoms with E-state index in [9.17, 15) is 9.59 Å². The minimum Gasteiger partial charge on any atom is -0.478 e. The van der Waals surface area contributed by atoms with Crippen molar-refractivity contribution in [3.05, 3.63) is 40.9 Å². The highest BCUT2D eigenvalue weighted by atomic mass is 35.5. The SMILES string of the molecule is O=C(O)c1ccc(Cl)c(NC(=O)C2CC=CCC2)c1. The van der Waals surface area contributed by atoms with E-state index < -0.39 is 5.97 Å². The third kappa shape index (κ3) is 3.35. The van der Waals surface area contributed by atoms with Gasteiger partial charge >= 0.3 is 5.97 Å². The van der Waals surface area contributed by atoms with Crippen molar-refractivity contribution in [1.82, 2.24) is 0 Å². The Morgan fingerprint density at radius 2 is 2.11 bits per heavy atom. The number of carbonyl (C=O) groups is 2. The summed E-state index contributed by atoms with van der Waals surface area (Å²) in [6.45, 7) is 0. The van der Waals surface area contributed by atoms with Gasteiger partial charge in [0.2, 0.25) is 5.91 Å². The van der Waals surface area contributed by atoms with Crippen LogP contribution in [0.15, 0.2) is 30.4 Å². The molecule has 1 atom stereocenters. The zero-order valence-electron chi connectivity index (χ0n) is 10.2. The number of carboxylic acid groups (broad SMARTS) is 1. The molecule has 0 saturated carbocycles. The Balaban J connectivity index is 2.13. The Morgan fingerprint density at radius 1 is 1.32 bits per heavy atom. The van der Waals surface area contributed by atoms with Gasteiger partial charge in [0.05, 0.1) is 16.3 Å². The maximum atomic E-state index is 12.0. The van der Waals surface area contributed by atoms with E-state index >= 15 is 0 Å². The summed E-state index contributed by atoms with van der Waals surface area (Å²) in [7, 11) is 0. The second-order valence-corrected chi connectivity index (χ2v) is 4.88. The summed E-state index contributed by atoms with van der Waals surface area (Å²) in [5.41, 5.74) is 0.448. The maximum Gasteiger partial charge on any atom is 0.335 e. The van der Waals surface area contributed by atoms with Gasteiger partial charge < -0.3 is 10.4 Å². The molecule has 19 heavy (non-hydrogen) atoms. The van der Waals surface area contributed by atoms with Crippen molar-refractivity contribution in [2.45, 2.75) is 19.3 Å². The summed E-state index contributed by atoms with van der Waals surface area (Å²) in [6.07, 6.45) is 6.45. The van der Waals surface area contributed by atoms with Gasteiger partial charge in [-0.15, -0.1) is 0 Å². The van der Waals surface area contributed by atoms with E-state index in [2.05, 4.69) is 11.4 Å². The van der Waals surface area contributed by atoms with Gasteiger partial charge in [0.25, 0.3) is 0 Å². The summed E-state index contributed by atoms with van der Waals surface area (Å²) in [5.74, 6) is -1.24. The topological polar surface area (TPSA) is 66.4 Å². The van der Waals surface area contributed by atoms with E-state index in [-0.39, 0.29) is 17.4 Å². The fraction of sp³-hybridized carbons (Fsp3) is 0.286. The zero-order valence-corrected chi connectivity index (χ0v) is 11.0. The van der Waals surface area contributed by atoms with Crippen LogP contribution in [-0.2, 0) is 4.79 Å². The molecule has 0 saturated heterocycles. The predicted octanol–water partition coefficient (Wildman–Crippen LogP) is 3.33. The van der Waals surface area contributed by atoms with E-state index in [1.165, 1.54) is 18.2 Å². The van der Waals surface area contributed by atoms with Crippen molar-refractivity contribution in [2.24, 2.45) is 5.92 Å². The summed E-state index contributed by atoms with van der Waals surface area (Å²) < 4.78 is 0. The quantitative estimate of drug-likeness (QED) is 0.834. The highest BCUT2D eigenvalue weighted by Gasteiger charge is 2.19. The number of benzene rings is 1. The standard InChI is InChI=1S/C14H14ClNO3/c15-11-7-6-10(14(18)19)8-12(11)16-13(17)9-4-2-1-3-5-9/h1-2,6-9H,3-5H2,(H,16,17)(H,18,19). The number of amides is 1. The molecule has 0 radical (unpaired) electrons. The van der Waals surface area contributed by atoms with E-state index in [4.69, 9.17) is 16.7 Å². The number of anilines is 1. The highest BCUT2D eigenvalue weighted by molar-refractivity contribution is 6.33. The predicted molar refractivity (Wildman–Crippen MR) is 73.5 cm³/mol. The van der Waals surface area contributed by atoms with Crippen LogP contribution in [0.2, 0.25) is 5.02 Å². The number of hydrogen-bond acceptors (Lipinski definition) is 2. The molecule has 1 unspecified atom stereocenters. The van der Waals surface area contributed by atoms with Crippen molar-refractivity contribution in [1.29, 1.82) is 0 Å². The lowest BCUT2D eigenvalue weighted by atomic mass is 9.93. The number of rotatable bonds is 3. The molecule has 0 heterocycles. The molecule has 1 aliphatic carbocycles. The van der Waals surface area contributed by atoms with Crippen molar-refractivity contribution in [3.63, 3.8) is 0 Å². The van der Waals surface area contributed by atoms with E-state index in [0.29, 0.717) is 17.1 Å². The number of nitrogens with one attached hydrogen (secondary N) is 1. The van der Waals surface area contributed by atoms with Gasteiger partial charge in [-0.05, 0) is 37.5 Å². The first-order valence-corrected chi connectivity index (χ1v) is 6.44.